The van der Waals surface area contributed by atoms with E-state index in [0.29, 0.717) is 0 Å². The fourth-order valence-corrected chi connectivity index (χ4v) is 1.86. The molecule has 0 aromatic carbocycles. The van der Waals surface area contributed by atoms with Crippen LogP contribution in [0, 0.1) is 0 Å². The molecule has 0 amide bonds. The number of allylic oxidation sites excluding steroid dienone is 3. The molecule has 2 atom stereocenters. The minimum Gasteiger partial charge on any atom is -0.392 e. The van der Waals surface area contributed by atoms with E-state index in [-0.39, 0.29) is 12.1 Å². The Morgan fingerprint density at radius 3 is 2.28 bits per heavy atom. The molecule has 0 spiro atoms. The van der Waals surface area contributed by atoms with Crippen LogP contribution in [0.1, 0.15) is 64.7 Å². The monoisotopic (exact) mass is 253 g/mol. The van der Waals surface area contributed by atoms with Gasteiger partial charge in [-0.1, -0.05) is 43.9 Å². The summed E-state index contributed by atoms with van der Waals surface area (Å²) in [6.07, 6.45) is 16.6. The highest BCUT2D eigenvalue weighted by Gasteiger charge is 2.07. The van der Waals surface area contributed by atoms with Crippen LogP contribution in [0.2, 0.25) is 0 Å². The summed E-state index contributed by atoms with van der Waals surface area (Å²) >= 11 is 0. The molecule has 0 aliphatic heterocycles. The number of hydrogen-bond acceptors (Lipinski definition) is 2. The van der Waals surface area contributed by atoms with Crippen molar-refractivity contribution in [2.75, 3.05) is 0 Å². The Morgan fingerprint density at radius 1 is 1.00 bits per heavy atom. The summed E-state index contributed by atoms with van der Waals surface area (Å²) in [5.74, 6) is 0. The van der Waals surface area contributed by atoms with Gasteiger partial charge >= 0.3 is 0 Å². The summed E-state index contributed by atoms with van der Waals surface area (Å²) < 4.78 is 0. The largest absolute Gasteiger partial charge is 0.392 e. The van der Waals surface area contributed by atoms with Gasteiger partial charge in [-0.25, -0.2) is 0 Å². The Kier molecular flexibility index (Phi) is 12.4. The molecule has 3 N–H and O–H groups in total. The molecule has 106 valence electrons. The van der Waals surface area contributed by atoms with Crippen molar-refractivity contribution in [3.63, 3.8) is 0 Å². The van der Waals surface area contributed by atoms with E-state index in [4.69, 9.17) is 5.73 Å². The smallest absolute Gasteiger partial charge is 0.0688 e. The summed E-state index contributed by atoms with van der Waals surface area (Å²) in [5, 5.41) is 9.53. The first-order valence-corrected chi connectivity index (χ1v) is 7.38. The van der Waals surface area contributed by atoms with Crippen LogP contribution >= 0.6 is 0 Å². The first kappa shape index (κ1) is 17.4. The number of nitrogens with two attached hydrogens (primary N) is 1. The zero-order chi connectivity index (χ0) is 13.6. The molecule has 0 aliphatic rings. The highest BCUT2D eigenvalue weighted by Crippen LogP contribution is 2.10. The number of unbranched alkanes of at least 4 members (excludes halogenated alkanes) is 6. The molecule has 0 saturated heterocycles. The fourth-order valence-electron chi connectivity index (χ4n) is 1.86. The Labute approximate surface area is 113 Å². The molecule has 0 rings (SSSR count). The lowest BCUT2D eigenvalue weighted by molar-refractivity contribution is 0.138. The van der Waals surface area contributed by atoms with Crippen molar-refractivity contribution in [1.29, 1.82) is 0 Å². The Balaban J connectivity index is 3.16. The molecule has 0 aliphatic carbocycles. The molecular formula is C16H31NO. The molecule has 0 aromatic rings. The summed E-state index contributed by atoms with van der Waals surface area (Å²) in [6, 6.07) is -0.0919. The Hall–Kier alpha value is -0.600. The number of rotatable bonds is 12. The second kappa shape index (κ2) is 12.8. The van der Waals surface area contributed by atoms with Crippen LogP contribution in [0.25, 0.3) is 0 Å². The van der Waals surface area contributed by atoms with Crippen LogP contribution < -0.4 is 5.73 Å². The average molecular weight is 253 g/mol. The second-order valence-corrected chi connectivity index (χ2v) is 5.11. The normalized spacial score (nSPS) is 14.8. The maximum Gasteiger partial charge on any atom is 0.0688 e. The van der Waals surface area contributed by atoms with E-state index in [0.717, 1.165) is 25.7 Å². The molecule has 0 saturated carbocycles. The summed E-state index contributed by atoms with van der Waals surface area (Å²) in [6.45, 7) is 5.56. The first-order chi connectivity index (χ1) is 8.68. The van der Waals surface area contributed by atoms with Crippen LogP contribution in [0.5, 0.6) is 0 Å². The van der Waals surface area contributed by atoms with E-state index in [1.807, 2.05) is 13.0 Å². The van der Waals surface area contributed by atoms with E-state index in [1.54, 1.807) is 0 Å². The van der Waals surface area contributed by atoms with Gasteiger partial charge in [0.05, 0.1) is 6.10 Å². The van der Waals surface area contributed by atoms with Crippen molar-refractivity contribution in [2.24, 2.45) is 5.73 Å². The highest BCUT2D eigenvalue weighted by atomic mass is 16.3. The number of aliphatic hydroxyl groups is 1. The molecule has 0 radical (unpaired) electrons. The van der Waals surface area contributed by atoms with Crippen LogP contribution in [0.15, 0.2) is 24.8 Å². The van der Waals surface area contributed by atoms with E-state index in [9.17, 15) is 5.11 Å². The topological polar surface area (TPSA) is 46.2 Å². The molecule has 18 heavy (non-hydrogen) atoms. The third-order valence-electron chi connectivity index (χ3n) is 3.18. The molecular weight excluding hydrogens is 222 g/mol. The van der Waals surface area contributed by atoms with Crippen LogP contribution in [-0.4, -0.2) is 17.3 Å². The molecule has 0 unspecified atom stereocenters. The van der Waals surface area contributed by atoms with Gasteiger partial charge in [-0.05, 0) is 39.0 Å². The molecule has 0 heterocycles. The predicted octanol–water partition coefficient (Wildman–Crippen LogP) is 3.95. The quantitative estimate of drug-likeness (QED) is 0.408. The third-order valence-corrected chi connectivity index (χ3v) is 3.18. The van der Waals surface area contributed by atoms with Crippen molar-refractivity contribution < 1.29 is 5.11 Å². The Morgan fingerprint density at radius 2 is 1.61 bits per heavy atom. The van der Waals surface area contributed by atoms with Gasteiger partial charge in [0.1, 0.15) is 0 Å². The lowest BCUT2D eigenvalue weighted by atomic mass is 10.0. The maximum atomic E-state index is 9.53. The zero-order valence-corrected chi connectivity index (χ0v) is 12.0. The lowest BCUT2D eigenvalue weighted by Gasteiger charge is -2.13. The standard InChI is InChI=1S/C16H31NO/c1-3-4-5-6-7-8-9-10-11-12-13-14-16(18)15(2)17/h3,6-7,15-16,18H,1,4-5,8-14,17H2,2H3/b7-6+/t15-,16+/m0/s1. The molecule has 2 nitrogen and oxygen atoms in total. The van der Waals surface area contributed by atoms with E-state index in [2.05, 4.69) is 18.7 Å². The summed E-state index contributed by atoms with van der Waals surface area (Å²) in [7, 11) is 0. The SMILES string of the molecule is C=CCC/C=C/CCCCCCC[C@@H](O)[C@H](C)N. The summed E-state index contributed by atoms with van der Waals surface area (Å²) in [5.41, 5.74) is 5.60. The Bertz CT molecular complexity index is 211. The number of aliphatic hydroxyl groups excluding tert-OH is 1. The van der Waals surface area contributed by atoms with Gasteiger partial charge in [0, 0.05) is 6.04 Å². The van der Waals surface area contributed by atoms with E-state index in [1.165, 1.54) is 32.1 Å². The molecule has 2 heteroatoms. The van der Waals surface area contributed by atoms with Crippen molar-refractivity contribution in [1.82, 2.24) is 0 Å². The van der Waals surface area contributed by atoms with Gasteiger partial charge in [0.15, 0.2) is 0 Å². The maximum absolute atomic E-state index is 9.53. The second-order valence-electron chi connectivity index (χ2n) is 5.11. The van der Waals surface area contributed by atoms with Crippen LogP contribution in [0.3, 0.4) is 0 Å². The van der Waals surface area contributed by atoms with Gasteiger partial charge in [-0.3, -0.25) is 0 Å². The van der Waals surface area contributed by atoms with E-state index >= 15 is 0 Å². The van der Waals surface area contributed by atoms with Gasteiger partial charge in [-0.15, -0.1) is 6.58 Å². The lowest BCUT2D eigenvalue weighted by Crippen LogP contribution is -2.31. The third kappa shape index (κ3) is 11.9. The van der Waals surface area contributed by atoms with Crippen LogP contribution in [0.4, 0.5) is 0 Å². The molecule has 0 fully saturated rings. The average Bonchev–Trinajstić information content (AvgIpc) is 2.35. The van der Waals surface area contributed by atoms with Crippen molar-refractivity contribution in [3.8, 4) is 0 Å². The summed E-state index contributed by atoms with van der Waals surface area (Å²) in [4.78, 5) is 0. The van der Waals surface area contributed by atoms with E-state index < -0.39 is 0 Å². The minimum absolute atomic E-state index is 0.0919. The van der Waals surface area contributed by atoms with Crippen LogP contribution in [-0.2, 0) is 0 Å². The first-order valence-electron chi connectivity index (χ1n) is 7.38. The van der Waals surface area contributed by atoms with Crippen molar-refractivity contribution in [3.05, 3.63) is 24.8 Å². The fraction of sp³-hybridized carbons (Fsp3) is 0.750. The van der Waals surface area contributed by atoms with Gasteiger partial charge in [0.2, 0.25) is 0 Å². The minimum atomic E-state index is -0.321. The molecule has 0 aromatic heterocycles. The predicted molar refractivity (Wildman–Crippen MR) is 80.5 cm³/mol. The zero-order valence-electron chi connectivity index (χ0n) is 12.0. The number of hydrogen-bond donors (Lipinski definition) is 2. The van der Waals surface area contributed by atoms with Gasteiger partial charge in [0.25, 0.3) is 0 Å². The van der Waals surface area contributed by atoms with Gasteiger partial charge < -0.3 is 10.8 Å². The molecule has 0 bridgehead atoms. The van der Waals surface area contributed by atoms with Crippen molar-refractivity contribution in [2.45, 2.75) is 76.9 Å². The highest BCUT2D eigenvalue weighted by molar-refractivity contribution is 4.84. The van der Waals surface area contributed by atoms with Crippen molar-refractivity contribution >= 4 is 0 Å². The van der Waals surface area contributed by atoms with Gasteiger partial charge in [-0.2, -0.15) is 0 Å².